The number of nitrogens with one attached hydrogen (secondary N) is 1. The third-order valence-electron chi connectivity index (χ3n) is 4.73. The van der Waals surface area contributed by atoms with Gasteiger partial charge in [0.15, 0.2) is 0 Å². The highest BCUT2D eigenvalue weighted by Gasteiger charge is 2.32. The van der Waals surface area contributed by atoms with Crippen LogP contribution in [0.2, 0.25) is 0 Å². The molecule has 20 heavy (non-hydrogen) atoms. The van der Waals surface area contributed by atoms with Crippen molar-refractivity contribution in [1.82, 2.24) is 10.2 Å². The molecule has 1 unspecified atom stereocenters. The lowest BCUT2D eigenvalue weighted by Gasteiger charge is -2.34. The van der Waals surface area contributed by atoms with Gasteiger partial charge in [0.25, 0.3) is 0 Å². The van der Waals surface area contributed by atoms with Crippen LogP contribution in [0.15, 0.2) is 0 Å². The highest BCUT2D eigenvalue weighted by molar-refractivity contribution is 5.82. The number of carbonyl (C=O) groups excluding carboxylic acids is 1. The summed E-state index contributed by atoms with van der Waals surface area (Å²) in [6, 6.07) is -0.842. The van der Waals surface area contributed by atoms with E-state index in [1.807, 2.05) is 0 Å². The van der Waals surface area contributed by atoms with Gasteiger partial charge in [-0.05, 0) is 43.9 Å². The first-order valence-corrected chi connectivity index (χ1v) is 7.85. The van der Waals surface area contributed by atoms with Crippen molar-refractivity contribution in [3.63, 3.8) is 0 Å². The summed E-state index contributed by atoms with van der Waals surface area (Å²) < 4.78 is 0. The Balaban J connectivity index is 1.79. The molecule has 0 radical (unpaired) electrons. The van der Waals surface area contributed by atoms with E-state index in [-0.39, 0.29) is 6.03 Å². The predicted octanol–water partition coefficient (Wildman–Crippen LogP) is 2.46. The lowest BCUT2D eigenvalue weighted by atomic mass is 9.83. The summed E-state index contributed by atoms with van der Waals surface area (Å²) >= 11 is 0. The van der Waals surface area contributed by atoms with E-state index < -0.39 is 12.0 Å². The van der Waals surface area contributed by atoms with Crippen molar-refractivity contribution >= 4 is 12.0 Å². The Hall–Kier alpha value is -1.26. The number of amides is 2. The third-order valence-corrected chi connectivity index (χ3v) is 4.73. The van der Waals surface area contributed by atoms with Crippen molar-refractivity contribution < 1.29 is 14.7 Å². The SMILES string of the molecule is CC1CCC(CNC(=O)N2CCCCC2C(=O)O)CC1. The molecule has 0 bridgehead atoms. The fraction of sp³-hybridized carbons (Fsp3) is 0.867. The van der Waals surface area contributed by atoms with Crippen molar-refractivity contribution in [2.24, 2.45) is 11.8 Å². The normalized spacial score (nSPS) is 30.9. The molecule has 2 N–H and O–H groups in total. The largest absolute Gasteiger partial charge is 0.480 e. The quantitative estimate of drug-likeness (QED) is 0.835. The Morgan fingerprint density at radius 3 is 2.50 bits per heavy atom. The number of carboxylic acid groups (broad SMARTS) is 1. The number of nitrogens with zero attached hydrogens (tertiary/aromatic N) is 1. The molecule has 1 heterocycles. The van der Waals surface area contributed by atoms with Gasteiger partial charge in [0.05, 0.1) is 0 Å². The van der Waals surface area contributed by atoms with E-state index in [4.69, 9.17) is 0 Å². The third kappa shape index (κ3) is 3.87. The summed E-state index contributed by atoms with van der Waals surface area (Å²) in [6.45, 7) is 3.53. The zero-order valence-corrected chi connectivity index (χ0v) is 12.3. The first-order chi connectivity index (χ1) is 9.58. The minimum absolute atomic E-state index is 0.198. The monoisotopic (exact) mass is 282 g/mol. The van der Waals surface area contributed by atoms with Gasteiger partial charge in [0.1, 0.15) is 6.04 Å². The van der Waals surface area contributed by atoms with E-state index in [1.54, 1.807) is 0 Å². The lowest BCUT2D eigenvalue weighted by molar-refractivity contribution is -0.143. The molecule has 1 atom stereocenters. The molecule has 0 aromatic heterocycles. The molecule has 0 aromatic rings. The topological polar surface area (TPSA) is 69.6 Å². The molecular formula is C15H26N2O3. The Labute approximate surface area is 120 Å². The average Bonchev–Trinajstić information content (AvgIpc) is 2.46. The first-order valence-electron chi connectivity index (χ1n) is 7.85. The fourth-order valence-corrected chi connectivity index (χ4v) is 3.30. The summed E-state index contributed by atoms with van der Waals surface area (Å²) in [4.78, 5) is 24.9. The molecule has 5 nitrogen and oxygen atoms in total. The Morgan fingerprint density at radius 2 is 1.85 bits per heavy atom. The highest BCUT2D eigenvalue weighted by Crippen LogP contribution is 2.27. The number of hydrogen-bond acceptors (Lipinski definition) is 2. The highest BCUT2D eigenvalue weighted by atomic mass is 16.4. The van der Waals surface area contributed by atoms with Crippen molar-refractivity contribution in [3.05, 3.63) is 0 Å². The van der Waals surface area contributed by atoms with Crippen LogP contribution >= 0.6 is 0 Å². The molecule has 2 rings (SSSR count). The number of likely N-dealkylation sites (tertiary alicyclic amines) is 1. The zero-order chi connectivity index (χ0) is 14.5. The molecular weight excluding hydrogens is 256 g/mol. The molecule has 2 fully saturated rings. The number of carbonyl (C=O) groups is 2. The Kier molecular flexibility index (Phi) is 5.26. The van der Waals surface area contributed by atoms with Gasteiger partial charge in [-0.1, -0.05) is 19.8 Å². The number of carboxylic acids is 1. The number of aliphatic carboxylic acids is 1. The maximum absolute atomic E-state index is 12.2. The van der Waals surface area contributed by atoms with Crippen molar-refractivity contribution in [2.45, 2.75) is 57.9 Å². The number of hydrogen-bond donors (Lipinski definition) is 2. The molecule has 2 aliphatic rings. The number of piperidine rings is 1. The second-order valence-electron chi connectivity index (χ2n) is 6.36. The second-order valence-corrected chi connectivity index (χ2v) is 6.36. The maximum Gasteiger partial charge on any atom is 0.326 e. The molecule has 0 aromatic carbocycles. The van der Waals surface area contributed by atoms with Crippen LogP contribution < -0.4 is 5.32 Å². The van der Waals surface area contributed by atoms with Crippen LogP contribution in [-0.2, 0) is 4.79 Å². The van der Waals surface area contributed by atoms with E-state index in [9.17, 15) is 14.7 Å². The van der Waals surface area contributed by atoms with Crippen molar-refractivity contribution in [1.29, 1.82) is 0 Å². The molecule has 5 heteroatoms. The molecule has 1 saturated carbocycles. The molecule has 1 aliphatic heterocycles. The van der Waals surface area contributed by atoms with Gasteiger partial charge in [0.2, 0.25) is 0 Å². The number of urea groups is 1. The summed E-state index contributed by atoms with van der Waals surface area (Å²) in [5.41, 5.74) is 0. The van der Waals surface area contributed by atoms with Gasteiger partial charge in [-0.15, -0.1) is 0 Å². The van der Waals surface area contributed by atoms with E-state index in [1.165, 1.54) is 30.6 Å². The zero-order valence-electron chi connectivity index (χ0n) is 12.3. The van der Waals surface area contributed by atoms with E-state index in [0.717, 1.165) is 18.8 Å². The Morgan fingerprint density at radius 1 is 1.15 bits per heavy atom. The van der Waals surface area contributed by atoms with Gasteiger partial charge in [-0.2, -0.15) is 0 Å². The van der Waals surface area contributed by atoms with Crippen molar-refractivity contribution in [3.8, 4) is 0 Å². The predicted molar refractivity (Wildman–Crippen MR) is 76.5 cm³/mol. The first kappa shape index (κ1) is 15.1. The van der Waals surface area contributed by atoms with E-state index >= 15 is 0 Å². The minimum Gasteiger partial charge on any atom is -0.480 e. The second kappa shape index (κ2) is 6.95. The smallest absolute Gasteiger partial charge is 0.326 e. The van der Waals surface area contributed by atoms with Crippen LogP contribution in [0.25, 0.3) is 0 Å². The fourth-order valence-electron chi connectivity index (χ4n) is 3.30. The van der Waals surface area contributed by atoms with Gasteiger partial charge < -0.3 is 15.3 Å². The summed E-state index contributed by atoms with van der Waals surface area (Å²) in [5, 5.41) is 12.1. The summed E-state index contributed by atoms with van der Waals surface area (Å²) in [5.74, 6) is 0.481. The van der Waals surface area contributed by atoms with Crippen LogP contribution in [-0.4, -0.2) is 41.1 Å². The lowest BCUT2D eigenvalue weighted by Crippen LogP contribution is -2.52. The van der Waals surface area contributed by atoms with E-state index in [2.05, 4.69) is 12.2 Å². The van der Waals surface area contributed by atoms with Crippen molar-refractivity contribution in [2.75, 3.05) is 13.1 Å². The standard InChI is InChI=1S/C15H26N2O3/c1-11-5-7-12(8-6-11)10-16-15(20)17-9-3-2-4-13(17)14(18)19/h11-13H,2-10H2,1H3,(H,16,20)(H,18,19). The summed E-state index contributed by atoms with van der Waals surface area (Å²) in [7, 11) is 0. The molecule has 114 valence electrons. The summed E-state index contributed by atoms with van der Waals surface area (Å²) in [6.07, 6.45) is 7.18. The maximum atomic E-state index is 12.2. The van der Waals surface area contributed by atoms with Crippen LogP contribution in [0.5, 0.6) is 0 Å². The average molecular weight is 282 g/mol. The van der Waals surface area contributed by atoms with Gasteiger partial charge in [0, 0.05) is 13.1 Å². The molecule has 0 spiro atoms. The van der Waals surface area contributed by atoms with E-state index in [0.29, 0.717) is 25.4 Å². The van der Waals surface area contributed by atoms with Gasteiger partial charge in [-0.3, -0.25) is 0 Å². The van der Waals surface area contributed by atoms with Crippen LogP contribution in [0.3, 0.4) is 0 Å². The molecule has 1 aliphatic carbocycles. The van der Waals surface area contributed by atoms with Gasteiger partial charge in [-0.25, -0.2) is 9.59 Å². The molecule has 1 saturated heterocycles. The van der Waals surface area contributed by atoms with Gasteiger partial charge >= 0.3 is 12.0 Å². The number of rotatable bonds is 3. The molecule has 2 amide bonds. The minimum atomic E-state index is -0.883. The van der Waals surface area contributed by atoms with Crippen LogP contribution in [0.4, 0.5) is 4.79 Å². The van der Waals surface area contributed by atoms with Crippen LogP contribution in [0.1, 0.15) is 51.9 Å². The van der Waals surface area contributed by atoms with Crippen LogP contribution in [0, 0.1) is 11.8 Å². The Bertz CT molecular complexity index is 351.